The molecule has 30 heavy (non-hydrogen) atoms. The van der Waals surface area contributed by atoms with Crippen LogP contribution < -0.4 is 10.1 Å². The van der Waals surface area contributed by atoms with Crippen LogP contribution in [0.5, 0.6) is 5.75 Å². The van der Waals surface area contributed by atoms with Crippen molar-refractivity contribution in [2.45, 2.75) is 26.2 Å². The van der Waals surface area contributed by atoms with Gasteiger partial charge in [0.15, 0.2) is 11.7 Å². The van der Waals surface area contributed by atoms with E-state index in [0.29, 0.717) is 16.8 Å². The van der Waals surface area contributed by atoms with Crippen molar-refractivity contribution in [1.29, 1.82) is 0 Å². The second kappa shape index (κ2) is 9.09. The maximum absolute atomic E-state index is 12.3. The minimum Gasteiger partial charge on any atom is -0.484 e. The third-order valence-electron chi connectivity index (χ3n) is 5.23. The van der Waals surface area contributed by atoms with E-state index >= 15 is 0 Å². The largest absolute Gasteiger partial charge is 0.484 e. The number of anilines is 1. The van der Waals surface area contributed by atoms with Crippen LogP contribution in [0.25, 0.3) is 22.0 Å². The second-order valence-electron chi connectivity index (χ2n) is 7.32. The fourth-order valence-corrected chi connectivity index (χ4v) is 3.98. The van der Waals surface area contributed by atoms with Crippen molar-refractivity contribution in [2.75, 3.05) is 11.9 Å². The number of nitrogens with one attached hydrogen (secondary N) is 1. The zero-order valence-electron chi connectivity index (χ0n) is 17.1. The molecule has 0 aliphatic rings. The van der Waals surface area contributed by atoms with Crippen LogP contribution in [0.4, 0.5) is 5.13 Å². The monoisotopic (exact) mass is 416 g/mol. The molecule has 1 heterocycles. The molecule has 0 radical (unpaired) electrons. The second-order valence-corrected chi connectivity index (χ2v) is 8.17. The van der Waals surface area contributed by atoms with E-state index in [0.717, 1.165) is 17.7 Å². The Bertz CT molecular complexity index is 1150. The first-order chi connectivity index (χ1) is 14.6. The Labute approximate surface area is 180 Å². The highest BCUT2D eigenvalue weighted by atomic mass is 32.1. The Morgan fingerprint density at radius 3 is 2.60 bits per heavy atom. The lowest BCUT2D eigenvalue weighted by atomic mass is 9.99. The van der Waals surface area contributed by atoms with Crippen molar-refractivity contribution in [3.05, 3.63) is 77.7 Å². The van der Waals surface area contributed by atoms with Gasteiger partial charge in [-0.15, -0.1) is 11.3 Å². The number of carbonyl (C=O) groups excluding carboxylic acids is 1. The molecular weight excluding hydrogens is 392 g/mol. The average molecular weight is 417 g/mol. The lowest BCUT2D eigenvalue weighted by Crippen LogP contribution is -2.20. The van der Waals surface area contributed by atoms with Gasteiger partial charge >= 0.3 is 0 Å². The van der Waals surface area contributed by atoms with E-state index in [2.05, 4.69) is 66.6 Å². The highest BCUT2D eigenvalue weighted by Crippen LogP contribution is 2.28. The van der Waals surface area contributed by atoms with Crippen molar-refractivity contribution in [3.8, 4) is 17.0 Å². The van der Waals surface area contributed by atoms with Crippen LogP contribution in [-0.2, 0) is 4.79 Å². The lowest BCUT2D eigenvalue weighted by molar-refractivity contribution is -0.118. The summed E-state index contributed by atoms with van der Waals surface area (Å²) < 4.78 is 5.61. The number of fused-ring (bicyclic) bond motifs is 1. The summed E-state index contributed by atoms with van der Waals surface area (Å²) in [6.07, 6.45) is 1.09. The smallest absolute Gasteiger partial charge is 0.264 e. The van der Waals surface area contributed by atoms with Gasteiger partial charge in [0, 0.05) is 10.9 Å². The molecule has 152 valence electrons. The van der Waals surface area contributed by atoms with Gasteiger partial charge in [0.05, 0.1) is 5.69 Å². The van der Waals surface area contributed by atoms with Crippen molar-refractivity contribution >= 4 is 33.1 Å². The number of carbonyl (C=O) groups is 1. The molecule has 1 aromatic heterocycles. The predicted octanol–water partition coefficient (Wildman–Crippen LogP) is 6.49. The summed E-state index contributed by atoms with van der Waals surface area (Å²) in [5, 5.41) is 7.70. The number of aromatic nitrogens is 1. The Kier molecular flexibility index (Phi) is 6.10. The quantitative estimate of drug-likeness (QED) is 0.374. The van der Waals surface area contributed by atoms with Crippen LogP contribution in [0.3, 0.4) is 0 Å². The fourth-order valence-electron chi connectivity index (χ4n) is 3.24. The first-order valence-electron chi connectivity index (χ1n) is 10.1. The number of benzene rings is 3. The number of nitrogens with zero attached hydrogens (tertiary/aromatic N) is 1. The van der Waals surface area contributed by atoms with E-state index in [-0.39, 0.29) is 12.5 Å². The molecule has 0 saturated carbocycles. The minimum absolute atomic E-state index is 0.0480. The minimum atomic E-state index is -0.222. The molecule has 1 atom stereocenters. The zero-order chi connectivity index (χ0) is 20.9. The van der Waals surface area contributed by atoms with Crippen molar-refractivity contribution in [3.63, 3.8) is 0 Å². The number of rotatable bonds is 7. The molecule has 0 aliphatic carbocycles. The molecule has 0 aliphatic heterocycles. The Morgan fingerprint density at radius 2 is 1.83 bits per heavy atom. The molecule has 3 aromatic carbocycles. The van der Waals surface area contributed by atoms with Crippen molar-refractivity contribution in [2.24, 2.45) is 0 Å². The van der Waals surface area contributed by atoms with Crippen LogP contribution in [0, 0.1) is 0 Å². The molecule has 4 rings (SSSR count). The summed E-state index contributed by atoms with van der Waals surface area (Å²) in [5.41, 5.74) is 3.16. The third-order valence-corrected chi connectivity index (χ3v) is 5.98. The van der Waals surface area contributed by atoms with E-state index < -0.39 is 0 Å². The summed E-state index contributed by atoms with van der Waals surface area (Å²) in [6.45, 7) is 4.32. The zero-order valence-corrected chi connectivity index (χ0v) is 17.9. The summed E-state index contributed by atoms with van der Waals surface area (Å²) in [6, 6.07) is 22.4. The van der Waals surface area contributed by atoms with Crippen LogP contribution in [0.1, 0.15) is 31.7 Å². The Morgan fingerprint density at radius 1 is 1.07 bits per heavy atom. The molecule has 0 unspecified atom stereocenters. The Balaban J connectivity index is 1.35. The molecule has 1 amide bonds. The van der Waals surface area contributed by atoms with E-state index in [9.17, 15) is 4.79 Å². The average Bonchev–Trinajstić information content (AvgIpc) is 3.25. The fraction of sp³-hybridized carbons (Fsp3) is 0.200. The van der Waals surface area contributed by atoms with Gasteiger partial charge in [0.25, 0.3) is 5.91 Å². The molecule has 4 nitrogen and oxygen atoms in total. The summed E-state index contributed by atoms with van der Waals surface area (Å²) in [7, 11) is 0. The number of hydrogen-bond acceptors (Lipinski definition) is 4. The molecule has 1 N–H and O–H groups in total. The van der Waals surface area contributed by atoms with E-state index in [1.807, 2.05) is 29.6 Å². The predicted molar refractivity (Wildman–Crippen MR) is 124 cm³/mol. The van der Waals surface area contributed by atoms with Gasteiger partial charge in [0.1, 0.15) is 5.75 Å². The van der Waals surface area contributed by atoms with Gasteiger partial charge in [-0.05, 0) is 46.9 Å². The molecule has 0 saturated heterocycles. The van der Waals surface area contributed by atoms with Crippen LogP contribution in [-0.4, -0.2) is 17.5 Å². The van der Waals surface area contributed by atoms with Crippen molar-refractivity contribution < 1.29 is 9.53 Å². The standard InChI is InChI=1S/C25H24N2O2S/c1-3-17(2)18-10-12-22(13-11-18)29-15-24(28)27-25-26-23(16-30-25)21-9-8-19-6-4-5-7-20(19)14-21/h4-14,16-17H,3,15H2,1-2H3,(H,26,27,28)/t17-/m0/s1. The van der Waals surface area contributed by atoms with Gasteiger partial charge in [0.2, 0.25) is 0 Å². The SMILES string of the molecule is CC[C@H](C)c1ccc(OCC(=O)Nc2nc(-c3ccc4ccccc4c3)cs2)cc1. The lowest BCUT2D eigenvalue weighted by Gasteiger charge is -2.10. The van der Waals surface area contributed by atoms with Gasteiger partial charge in [-0.3, -0.25) is 10.1 Å². The molecule has 0 fully saturated rings. The first kappa shape index (κ1) is 20.1. The highest BCUT2D eigenvalue weighted by molar-refractivity contribution is 7.14. The van der Waals surface area contributed by atoms with Crippen LogP contribution in [0.2, 0.25) is 0 Å². The number of hydrogen-bond donors (Lipinski definition) is 1. The van der Waals surface area contributed by atoms with Gasteiger partial charge in [-0.1, -0.05) is 62.4 Å². The molecule has 4 aromatic rings. The first-order valence-corrected chi connectivity index (χ1v) is 11.0. The van der Waals surface area contributed by atoms with E-state index in [1.54, 1.807) is 0 Å². The molecule has 0 bridgehead atoms. The maximum atomic E-state index is 12.3. The summed E-state index contributed by atoms with van der Waals surface area (Å²) >= 11 is 1.41. The molecular formula is C25H24N2O2S. The van der Waals surface area contributed by atoms with Gasteiger partial charge < -0.3 is 4.74 Å². The van der Waals surface area contributed by atoms with Crippen LogP contribution in [0.15, 0.2) is 72.1 Å². The molecule has 0 spiro atoms. The van der Waals surface area contributed by atoms with Crippen LogP contribution >= 0.6 is 11.3 Å². The van der Waals surface area contributed by atoms with Gasteiger partial charge in [-0.25, -0.2) is 4.98 Å². The number of thiazole rings is 1. The number of ether oxygens (including phenoxy) is 1. The van der Waals surface area contributed by atoms with Gasteiger partial charge in [-0.2, -0.15) is 0 Å². The number of amides is 1. The summed E-state index contributed by atoms with van der Waals surface area (Å²) in [4.78, 5) is 16.8. The van der Waals surface area contributed by atoms with Crippen molar-refractivity contribution in [1.82, 2.24) is 4.98 Å². The maximum Gasteiger partial charge on any atom is 0.264 e. The Hall–Kier alpha value is -3.18. The van der Waals surface area contributed by atoms with E-state index in [4.69, 9.17) is 4.74 Å². The van der Waals surface area contributed by atoms with E-state index in [1.165, 1.54) is 27.7 Å². The normalized spacial score (nSPS) is 11.9. The highest BCUT2D eigenvalue weighted by Gasteiger charge is 2.10. The third kappa shape index (κ3) is 4.69. The summed E-state index contributed by atoms with van der Waals surface area (Å²) in [5.74, 6) is 0.984. The topological polar surface area (TPSA) is 51.2 Å². The molecule has 5 heteroatoms.